The van der Waals surface area contributed by atoms with Gasteiger partial charge in [-0.15, -0.1) is 0 Å². The second kappa shape index (κ2) is 14.1. The number of aliphatic imine (C=N–C) groups is 1. The summed E-state index contributed by atoms with van der Waals surface area (Å²) in [5.41, 5.74) is 11.0. The van der Waals surface area contributed by atoms with Crippen molar-refractivity contribution < 1.29 is 41.6 Å². The molecule has 0 amide bonds. The Balaban J connectivity index is 0.000000817. The van der Waals surface area contributed by atoms with E-state index in [1.807, 2.05) is 0 Å². The minimum atomic E-state index is -3.15. The molecule has 1 heterocycles. The van der Waals surface area contributed by atoms with Crippen molar-refractivity contribution in [2.24, 2.45) is 15.8 Å². The second-order valence-corrected chi connectivity index (χ2v) is 5.04. The SMILES string of the molecule is [CH-]1CCOCC1.[Li+].[N-]=N/C(C(=NCc1ccccc1F)C(F)F)=C(/N)[C-]=O. The van der Waals surface area contributed by atoms with E-state index in [4.69, 9.17) is 16.0 Å². The maximum Gasteiger partial charge on any atom is 1.00 e. The van der Waals surface area contributed by atoms with Crippen LogP contribution in [0.15, 0.2) is 45.8 Å². The Morgan fingerprint density at radius 2 is 1.96 bits per heavy atom. The fraction of sp³-hybridized carbons (Fsp3) is 0.353. The number of carbonyl (C=O) groups excluding carboxylic acids is 1. The molecule has 2 N–H and O–H groups in total. The first-order valence-corrected chi connectivity index (χ1v) is 7.70. The van der Waals surface area contributed by atoms with Crippen molar-refractivity contribution in [3.63, 3.8) is 0 Å². The van der Waals surface area contributed by atoms with Crippen molar-refractivity contribution in [1.29, 1.82) is 0 Å². The van der Waals surface area contributed by atoms with Gasteiger partial charge in [-0.1, -0.05) is 29.6 Å². The molecular formula is C17H18F3LiN4O2-2. The van der Waals surface area contributed by atoms with Crippen LogP contribution in [0, 0.1) is 12.2 Å². The van der Waals surface area contributed by atoms with Crippen molar-refractivity contribution in [3.05, 3.63) is 59.0 Å². The Kier molecular flexibility index (Phi) is 13.1. The van der Waals surface area contributed by atoms with Crippen LogP contribution in [0.2, 0.25) is 0 Å². The minimum absolute atomic E-state index is 0. The average molecular weight is 374 g/mol. The molecule has 6 nitrogen and oxygen atoms in total. The molecule has 0 aromatic heterocycles. The Morgan fingerprint density at radius 1 is 1.33 bits per heavy atom. The van der Waals surface area contributed by atoms with Crippen LogP contribution < -0.4 is 24.6 Å². The number of hydrogen-bond donors (Lipinski definition) is 1. The first kappa shape index (κ1) is 25.0. The van der Waals surface area contributed by atoms with E-state index in [1.165, 1.54) is 18.2 Å². The molecule has 0 saturated carbocycles. The van der Waals surface area contributed by atoms with E-state index in [1.54, 1.807) is 0 Å². The molecule has 0 unspecified atom stereocenters. The molecular weight excluding hydrogens is 356 g/mol. The maximum absolute atomic E-state index is 13.3. The van der Waals surface area contributed by atoms with E-state index in [-0.39, 0.29) is 24.4 Å². The Morgan fingerprint density at radius 3 is 2.37 bits per heavy atom. The Bertz CT molecular complexity index is 654. The van der Waals surface area contributed by atoms with Crippen LogP contribution in [0.25, 0.3) is 5.53 Å². The molecule has 1 fully saturated rings. The van der Waals surface area contributed by atoms with Gasteiger partial charge in [-0.2, -0.15) is 12.8 Å². The van der Waals surface area contributed by atoms with E-state index in [0.29, 0.717) is 0 Å². The molecule has 2 rings (SSSR count). The molecule has 0 aliphatic carbocycles. The summed E-state index contributed by atoms with van der Waals surface area (Å²) in [5, 5.41) is 2.50. The second-order valence-electron chi connectivity index (χ2n) is 5.04. The minimum Gasteiger partial charge on any atom is -0.727 e. The summed E-state index contributed by atoms with van der Waals surface area (Å²) in [6.45, 7) is 1.47. The molecule has 0 spiro atoms. The summed E-state index contributed by atoms with van der Waals surface area (Å²) in [4.78, 5) is 13.8. The molecule has 1 aromatic carbocycles. The van der Waals surface area contributed by atoms with Crippen LogP contribution >= 0.6 is 0 Å². The first-order valence-electron chi connectivity index (χ1n) is 7.70. The smallest absolute Gasteiger partial charge is 0.727 e. The van der Waals surface area contributed by atoms with Crippen LogP contribution in [0.5, 0.6) is 0 Å². The molecule has 27 heavy (non-hydrogen) atoms. The summed E-state index contributed by atoms with van der Waals surface area (Å²) in [6.07, 6.45) is 2.55. The van der Waals surface area contributed by atoms with Crippen LogP contribution in [0.1, 0.15) is 18.4 Å². The van der Waals surface area contributed by atoms with Crippen molar-refractivity contribution in [2.45, 2.75) is 25.8 Å². The molecule has 10 heteroatoms. The van der Waals surface area contributed by atoms with Gasteiger partial charge in [0.05, 0.1) is 6.54 Å². The van der Waals surface area contributed by atoms with Crippen LogP contribution in [-0.2, 0) is 16.1 Å². The largest absolute Gasteiger partial charge is 1.00 e. The average Bonchev–Trinajstić information content (AvgIpc) is 2.67. The zero-order chi connectivity index (χ0) is 19.4. The molecule has 0 bridgehead atoms. The van der Waals surface area contributed by atoms with Gasteiger partial charge in [-0.05, 0) is 6.07 Å². The third-order valence-electron chi connectivity index (χ3n) is 3.22. The molecule has 0 atom stereocenters. The van der Waals surface area contributed by atoms with E-state index in [2.05, 4.69) is 16.5 Å². The Hall–Kier alpha value is -1.95. The van der Waals surface area contributed by atoms with Crippen LogP contribution in [-0.4, -0.2) is 31.6 Å². The fourth-order valence-electron chi connectivity index (χ4n) is 1.92. The van der Waals surface area contributed by atoms with Gasteiger partial charge in [0.25, 0.3) is 6.43 Å². The van der Waals surface area contributed by atoms with Gasteiger partial charge in [-0.3, -0.25) is 4.99 Å². The number of ether oxygens (including phenoxy) is 1. The summed E-state index contributed by atoms with van der Waals surface area (Å²) in [7, 11) is 0. The fourth-order valence-corrected chi connectivity index (χ4v) is 1.92. The molecule has 0 radical (unpaired) electrons. The van der Waals surface area contributed by atoms with E-state index < -0.39 is 35.9 Å². The number of alkyl halides is 2. The van der Waals surface area contributed by atoms with Gasteiger partial charge in [0.15, 0.2) is 0 Å². The normalized spacial score (nSPS) is 15.0. The number of hydrogen-bond acceptors (Lipinski definition) is 5. The van der Waals surface area contributed by atoms with Crippen LogP contribution in [0.4, 0.5) is 13.2 Å². The van der Waals surface area contributed by atoms with Crippen molar-refractivity contribution in [1.82, 2.24) is 0 Å². The number of allylic oxidation sites excluding steroid dienone is 2. The number of rotatable bonds is 6. The van der Waals surface area contributed by atoms with Gasteiger partial charge >= 0.3 is 18.9 Å². The summed E-state index contributed by atoms with van der Waals surface area (Å²) in [5.74, 6) is -0.619. The Labute approximate surface area is 167 Å². The van der Waals surface area contributed by atoms with E-state index in [9.17, 15) is 18.0 Å². The molecule has 142 valence electrons. The number of halogens is 3. The zero-order valence-corrected chi connectivity index (χ0v) is 14.9. The van der Waals surface area contributed by atoms with Crippen molar-refractivity contribution in [2.75, 3.05) is 13.2 Å². The third kappa shape index (κ3) is 9.00. The number of nitrogens with two attached hydrogens (primary N) is 1. The molecule has 1 aromatic rings. The summed E-state index contributed by atoms with van der Waals surface area (Å²) in [6, 6.07) is 5.45. The number of benzene rings is 1. The van der Waals surface area contributed by atoms with E-state index >= 15 is 0 Å². The maximum atomic E-state index is 13.3. The quantitative estimate of drug-likeness (QED) is 0.256. The van der Waals surface area contributed by atoms with Gasteiger partial charge in [0.1, 0.15) is 5.82 Å². The van der Waals surface area contributed by atoms with Gasteiger partial charge in [0, 0.05) is 30.8 Å². The van der Waals surface area contributed by atoms with Gasteiger partial charge in [-0.25, -0.2) is 13.2 Å². The summed E-state index contributed by atoms with van der Waals surface area (Å²) < 4.78 is 44.0. The van der Waals surface area contributed by atoms with Crippen LogP contribution in [0.3, 0.4) is 0 Å². The van der Waals surface area contributed by atoms with E-state index in [0.717, 1.165) is 38.4 Å². The summed E-state index contributed by atoms with van der Waals surface area (Å²) >= 11 is 0. The molecule has 1 saturated heterocycles. The van der Waals surface area contributed by atoms with Crippen molar-refractivity contribution >= 4 is 12.0 Å². The first-order chi connectivity index (χ1) is 12.5. The predicted molar refractivity (Wildman–Crippen MR) is 90.6 cm³/mol. The van der Waals surface area contributed by atoms with Gasteiger partial charge in [0.2, 0.25) is 0 Å². The predicted octanol–water partition coefficient (Wildman–Crippen LogP) is 0.338. The standard InChI is InChI=1S/C12H9F3N4O.C5H9O.Li/c13-8-4-2-1-3-7(8)5-18-11(12(14)15)10(19-17)9(16)6-20;1-2-4-6-5-3-1;/h1-4,12H,5,16H2;1H,2-5H2;/q-2;-1;+1/b10-9+,18-11?;;. The van der Waals surface area contributed by atoms with Gasteiger partial charge < -0.3 is 32.3 Å². The molecule has 1 aliphatic heterocycles. The zero-order valence-electron chi connectivity index (χ0n) is 14.9. The topological polar surface area (TPSA) is 99.3 Å². The number of nitrogens with zero attached hydrogens (tertiary/aromatic N) is 3. The monoisotopic (exact) mass is 374 g/mol. The third-order valence-corrected chi connectivity index (χ3v) is 3.22. The van der Waals surface area contributed by atoms with Crippen molar-refractivity contribution in [3.8, 4) is 0 Å². The molecule has 1 aliphatic rings.